The second-order valence-electron chi connectivity index (χ2n) is 4.83. The van der Waals surface area contributed by atoms with Gasteiger partial charge in [-0.05, 0) is 32.9 Å². The van der Waals surface area contributed by atoms with Crippen molar-refractivity contribution in [3.05, 3.63) is 24.3 Å². The highest BCUT2D eigenvalue weighted by Gasteiger charge is 2.32. The van der Waals surface area contributed by atoms with Crippen LogP contribution in [0.15, 0.2) is 24.3 Å². The fourth-order valence-electron chi connectivity index (χ4n) is 1.60. The molecule has 0 saturated carbocycles. The standard InChI is InChI=1S/C12H14F3NO3/c1-11(2,3)16(10(17)18)8-5-4-6-9(7-8)19-12(13,14)15/h4-7H,1-3H3,(H,17,18). The predicted molar refractivity (Wildman–Crippen MR) is 63.4 cm³/mol. The van der Waals surface area contributed by atoms with Crippen LogP contribution in [-0.4, -0.2) is 23.1 Å². The fraction of sp³-hybridized carbons (Fsp3) is 0.417. The Balaban J connectivity index is 3.13. The Hall–Kier alpha value is -1.92. The van der Waals surface area contributed by atoms with Crippen molar-refractivity contribution in [2.75, 3.05) is 4.90 Å². The van der Waals surface area contributed by atoms with Crippen LogP contribution < -0.4 is 9.64 Å². The molecular formula is C12H14F3NO3. The first-order chi connectivity index (χ1) is 8.50. The van der Waals surface area contributed by atoms with Gasteiger partial charge in [-0.25, -0.2) is 4.79 Å². The summed E-state index contributed by atoms with van der Waals surface area (Å²) in [7, 11) is 0. The van der Waals surface area contributed by atoms with Crippen molar-refractivity contribution < 1.29 is 27.8 Å². The van der Waals surface area contributed by atoms with Gasteiger partial charge in [-0.2, -0.15) is 0 Å². The van der Waals surface area contributed by atoms with Gasteiger partial charge in [0.15, 0.2) is 0 Å². The van der Waals surface area contributed by atoms with Crippen LogP contribution in [0.2, 0.25) is 0 Å². The molecule has 0 heterocycles. The Kier molecular flexibility index (Phi) is 3.97. The first kappa shape index (κ1) is 15.1. The third kappa shape index (κ3) is 4.35. The van der Waals surface area contributed by atoms with E-state index < -0.39 is 23.7 Å². The second-order valence-corrected chi connectivity index (χ2v) is 4.83. The minimum absolute atomic E-state index is 0.113. The van der Waals surface area contributed by atoms with Crippen LogP contribution in [0, 0.1) is 0 Å². The predicted octanol–water partition coefficient (Wildman–Crippen LogP) is 3.87. The number of ether oxygens (including phenoxy) is 1. The zero-order chi connectivity index (χ0) is 14.8. The number of amides is 1. The molecule has 0 aliphatic rings. The molecule has 4 nitrogen and oxygen atoms in total. The van der Waals surface area contributed by atoms with E-state index in [-0.39, 0.29) is 5.69 Å². The maximum absolute atomic E-state index is 12.1. The van der Waals surface area contributed by atoms with Crippen molar-refractivity contribution in [1.29, 1.82) is 0 Å². The normalized spacial score (nSPS) is 12.1. The van der Waals surface area contributed by atoms with Crippen LogP contribution in [0.3, 0.4) is 0 Å². The van der Waals surface area contributed by atoms with E-state index in [1.54, 1.807) is 20.8 Å². The molecule has 0 bridgehead atoms. The van der Waals surface area contributed by atoms with Crippen LogP contribution in [0.4, 0.5) is 23.7 Å². The summed E-state index contributed by atoms with van der Waals surface area (Å²) in [6.45, 7) is 4.91. The maximum atomic E-state index is 12.1. The van der Waals surface area contributed by atoms with Crippen molar-refractivity contribution in [3.8, 4) is 5.75 Å². The van der Waals surface area contributed by atoms with E-state index in [1.807, 2.05) is 0 Å². The molecule has 0 aliphatic carbocycles. The van der Waals surface area contributed by atoms with Gasteiger partial charge in [0.1, 0.15) is 5.75 Å². The number of hydrogen-bond acceptors (Lipinski definition) is 2. The molecule has 0 radical (unpaired) electrons. The Labute approximate surface area is 108 Å². The monoisotopic (exact) mass is 277 g/mol. The number of carbonyl (C=O) groups is 1. The number of halogens is 3. The lowest BCUT2D eigenvalue weighted by atomic mass is 10.1. The summed E-state index contributed by atoms with van der Waals surface area (Å²) >= 11 is 0. The number of anilines is 1. The second kappa shape index (κ2) is 4.99. The van der Waals surface area contributed by atoms with Crippen molar-refractivity contribution in [1.82, 2.24) is 0 Å². The fourth-order valence-corrected chi connectivity index (χ4v) is 1.60. The SMILES string of the molecule is CC(C)(C)N(C(=O)O)c1cccc(OC(F)(F)F)c1. The third-order valence-corrected chi connectivity index (χ3v) is 2.17. The van der Waals surface area contributed by atoms with Gasteiger partial charge < -0.3 is 9.84 Å². The number of alkyl halides is 3. The van der Waals surface area contributed by atoms with E-state index in [0.717, 1.165) is 17.0 Å². The molecule has 0 unspecified atom stereocenters. The lowest BCUT2D eigenvalue weighted by molar-refractivity contribution is -0.274. The highest BCUT2D eigenvalue weighted by atomic mass is 19.4. The van der Waals surface area contributed by atoms with E-state index in [4.69, 9.17) is 5.11 Å². The topological polar surface area (TPSA) is 49.8 Å². The zero-order valence-electron chi connectivity index (χ0n) is 10.7. The summed E-state index contributed by atoms with van der Waals surface area (Å²) in [5.74, 6) is -0.458. The average molecular weight is 277 g/mol. The highest BCUT2D eigenvalue weighted by molar-refractivity contribution is 5.87. The summed E-state index contributed by atoms with van der Waals surface area (Å²) in [5, 5.41) is 9.15. The van der Waals surface area contributed by atoms with Gasteiger partial charge in [0, 0.05) is 11.6 Å². The summed E-state index contributed by atoms with van der Waals surface area (Å²) in [5.41, 5.74) is -0.676. The van der Waals surface area contributed by atoms with E-state index >= 15 is 0 Å². The van der Waals surface area contributed by atoms with Crippen LogP contribution in [0.1, 0.15) is 20.8 Å². The van der Waals surface area contributed by atoms with Gasteiger partial charge in [-0.15, -0.1) is 13.2 Å². The first-order valence-corrected chi connectivity index (χ1v) is 5.40. The molecule has 7 heteroatoms. The molecule has 1 aromatic carbocycles. The van der Waals surface area contributed by atoms with Crippen LogP contribution in [-0.2, 0) is 0 Å². The molecule has 0 aromatic heterocycles. The molecule has 19 heavy (non-hydrogen) atoms. The van der Waals surface area contributed by atoms with Gasteiger partial charge in [-0.1, -0.05) is 6.07 Å². The minimum Gasteiger partial charge on any atom is -0.465 e. The molecule has 0 aliphatic heterocycles. The molecule has 1 rings (SSSR count). The van der Waals surface area contributed by atoms with E-state index in [0.29, 0.717) is 0 Å². The molecule has 0 spiro atoms. The Bertz CT molecular complexity index is 466. The summed E-state index contributed by atoms with van der Waals surface area (Å²) in [6.07, 6.45) is -6.06. The first-order valence-electron chi connectivity index (χ1n) is 5.40. The molecule has 1 N–H and O–H groups in total. The van der Waals surface area contributed by atoms with Gasteiger partial charge in [0.05, 0.1) is 5.69 Å². The van der Waals surface area contributed by atoms with E-state index in [1.165, 1.54) is 12.1 Å². The average Bonchev–Trinajstić information content (AvgIpc) is 2.11. The molecule has 0 saturated heterocycles. The largest absolute Gasteiger partial charge is 0.573 e. The van der Waals surface area contributed by atoms with E-state index in [9.17, 15) is 18.0 Å². The summed E-state index contributed by atoms with van der Waals surface area (Å²) in [4.78, 5) is 12.2. The van der Waals surface area contributed by atoms with Crippen molar-refractivity contribution in [3.63, 3.8) is 0 Å². The smallest absolute Gasteiger partial charge is 0.465 e. The van der Waals surface area contributed by atoms with Gasteiger partial charge in [-0.3, -0.25) is 4.90 Å². The number of carboxylic acid groups (broad SMARTS) is 1. The lowest BCUT2D eigenvalue weighted by Crippen LogP contribution is -2.45. The van der Waals surface area contributed by atoms with Crippen molar-refractivity contribution in [2.45, 2.75) is 32.7 Å². The van der Waals surface area contributed by atoms with Crippen LogP contribution in [0.5, 0.6) is 5.75 Å². The van der Waals surface area contributed by atoms with Crippen molar-refractivity contribution in [2.24, 2.45) is 0 Å². The minimum atomic E-state index is -4.81. The highest BCUT2D eigenvalue weighted by Crippen LogP contribution is 2.30. The number of rotatable bonds is 2. The van der Waals surface area contributed by atoms with Gasteiger partial charge in [0.25, 0.3) is 0 Å². The Morgan fingerprint density at radius 2 is 1.84 bits per heavy atom. The van der Waals surface area contributed by atoms with Crippen LogP contribution >= 0.6 is 0 Å². The number of nitrogens with zero attached hydrogens (tertiary/aromatic N) is 1. The summed E-state index contributed by atoms with van der Waals surface area (Å²) in [6, 6.07) is 4.85. The third-order valence-electron chi connectivity index (χ3n) is 2.17. The summed E-state index contributed by atoms with van der Waals surface area (Å²) < 4.78 is 40.1. The number of hydrogen-bond donors (Lipinski definition) is 1. The van der Waals surface area contributed by atoms with E-state index in [2.05, 4.69) is 4.74 Å². The molecule has 0 atom stereocenters. The Morgan fingerprint density at radius 3 is 2.26 bits per heavy atom. The molecule has 106 valence electrons. The van der Waals surface area contributed by atoms with Crippen molar-refractivity contribution >= 4 is 11.8 Å². The molecule has 1 aromatic rings. The molecular weight excluding hydrogens is 263 g/mol. The van der Waals surface area contributed by atoms with Gasteiger partial charge in [0.2, 0.25) is 0 Å². The zero-order valence-corrected chi connectivity index (χ0v) is 10.7. The Morgan fingerprint density at radius 1 is 1.26 bits per heavy atom. The molecule has 0 fully saturated rings. The maximum Gasteiger partial charge on any atom is 0.573 e. The molecule has 1 amide bonds. The number of benzene rings is 1. The van der Waals surface area contributed by atoms with Crippen LogP contribution in [0.25, 0.3) is 0 Å². The lowest BCUT2D eigenvalue weighted by Gasteiger charge is -2.33. The van der Waals surface area contributed by atoms with Gasteiger partial charge >= 0.3 is 12.5 Å². The quantitative estimate of drug-likeness (QED) is 0.892.